The molecule has 0 bridgehead atoms. The van der Waals surface area contributed by atoms with Crippen LogP contribution in [0, 0.1) is 6.92 Å². The van der Waals surface area contributed by atoms with E-state index in [1.807, 2.05) is 42.5 Å². The number of carbonyl (C=O) groups is 3. The van der Waals surface area contributed by atoms with Crippen LogP contribution in [0.2, 0.25) is 5.02 Å². The van der Waals surface area contributed by atoms with Crippen LogP contribution in [0.1, 0.15) is 11.1 Å². The van der Waals surface area contributed by atoms with Crippen LogP contribution in [-0.2, 0) is 9.59 Å². The largest absolute Gasteiger partial charge is 0.335 e. The van der Waals surface area contributed by atoms with Crippen molar-refractivity contribution in [2.45, 2.75) is 6.92 Å². The molecule has 1 aliphatic heterocycles. The minimum atomic E-state index is -0.796. The summed E-state index contributed by atoms with van der Waals surface area (Å²) in [6.07, 6.45) is 1.51. The highest BCUT2D eigenvalue weighted by Gasteiger charge is 2.37. The summed E-state index contributed by atoms with van der Waals surface area (Å²) in [6, 6.07) is 17.4. The quantitative estimate of drug-likeness (QED) is 0.518. The van der Waals surface area contributed by atoms with Crippen molar-refractivity contribution < 1.29 is 14.4 Å². The fourth-order valence-electron chi connectivity index (χ4n) is 3.23. The highest BCUT2D eigenvalue weighted by atomic mass is 35.5. The maximum Gasteiger partial charge on any atom is 0.335 e. The van der Waals surface area contributed by atoms with E-state index in [0.717, 1.165) is 15.7 Å². The summed E-state index contributed by atoms with van der Waals surface area (Å²) in [5.74, 6) is -1.41. The van der Waals surface area contributed by atoms with Crippen molar-refractivity contribution in [2.75, 3.05) is 4.90 Å². The lowest BCUT2D eigenvalue weighted by Gasteiger charge is -2.27. The standard InChI is InChI=1S/C22H15ClN2O3/c1-13-9-10-16(23)12-19(13)25-21(27)18(20(26)24-22(25)28)11-15-7-4-6-14-5-2-3-8-17(14)15/h2-12H,1H3,(H,24,26,28). The molecule has 0 unspecified atom stereocenters. The fourth-order valence-corrected chi connectivity index (χ4v) is 3.40. The van der Waals surface area contributed by atoms with Crippen molar-refractivity contribution in [1.82, 2.24) is 5.32 Å². The molecule has 3 aromatic carbocycles. The molecule has 5 nitrogen and oxygen atoms in total. The van der Waals surface area contributed by atoms with E-state index in [2.05, 4.69) is 5.32 Å². The van der Waals surface area contributed by atoms with Crippen LogP contribution in [0.25, 0.3) is 16.8 Å². The number of fused-ring (bicyclic) bond motifs is 1. The lowest BCUT2D eigenvalue weighted by atomic mass is 10.0. The molecule has 1 fully saturated rings. The Kier molecular flexibility index (Phi) is 4.45. The maximum absolute atomic E-state index is 13.1. The van der Waals surface area contributed by atoms with Crippen molar-refractivity contribution in [3.8, 4) is 0 Å². The Balaban J connectivity index is 1.84. The number of barbiturate groups is 1. The Hall–Kier alpha value is -3.44. The highest BCUT2D eigenvalue weighted by Crippen LogP contribution is 2.29. The van der Waals surface area contributed by atoms with Crippen LogP contribution in [-0.4, -0.2) is 17.8 Å². The zero-order valence-electron chi connectivity index (χ0n) is 14.9. The SMILES string of the molecule is Cc1ccc(Cl)cc1N1C(=O)NC(=O)C(=Cc2cccc3ccccc23)C1=O. The Bertz CT molecular complexity index is 1180. The molecule has 1 heterocycles. The lowest BCUT2D eigenvalue weighted by molar-refractivity contribution is -0.122. The number of urea groups is 1. The molecule has 28 heavy (non-hydrogen) atoms. The summed E-state index contributed by atoms with van der Waals surface area (Å²) in [7, 11) is 0. The van der Waals surface area contributed by atoms with Gasteiger partial charge in [0.25, 0.3) is 11.8 Å². The zero-order chi connectivity index (χ0) is 19.8. The van der Waals surface area contributed by atoms with Gasteiger partial charge in [-0.25, -0.2) is 9.69 Å². The fraction of sp³-hybridized carbons (Fsp3) is 0.0455. The predicted octanol–water partition coefficient (Wildman–Crippen LogP) is 4.47. The average molecular weight is 391 g/mol. The molecule has 4 amide bonds. The topological polar surface area (TPSA) is 66.5 Å². The first kappa shape index (κ1) is 17.9. The summed E-state index contributed by atoms with van der Waals surface area (Å²) in [6.45, 7) is 1.76. The number of anilines is 1. The van der Waals surface area contributed by atoms with Gasteiger partial charge in [0, 0.05) is 5.02 Å². The minimum Gasteiger partial charge on any atom is -0.273 e. The smallest absolute Gasteiger partial charge is 0.273 e. The minimum absolute atomic E-state index is 0.115. The van der Waals surface area contributed by atoms with Gasteiger partial charge in [-0.15, -0.1) is 0 Å². The number of imide groups is 2. The van der Waals surface area contributed by atoms with Gasteiger partial charge in [0.2, 0.25) is 0 Å². The number of nitrogens with one attached hydrogen (secondary N) is 1. The molecule has 6 heteroatoms. The predicted molar refractivity (Wildman–Crippen MR) is 109 cm³/mol. The van der Waals surface area contributed by atoms with Crippen LogP contribution in [0.5, 0.6) is 0 Å². The van der Waals surface area contributed by atoms with E-state index in [0.29, 0.717) is 21.8 Å². The van der Waals surface area contributed by atoms with Gasteiger partial charge in [0.1, 0.15) is 5.57 Å². The van der Waals surface area contributed by atoms with Gasteiger partial charge in [0.15, 0.2) is 0 Å². The Labute approximate surface area is 166 Å². The molecule has 1 aliphatic rings. The monoisotopic (exact) mass is 390 g/mol. The first-order chi connectivity index (χ1) is 13.5. The average Bonchev–Trinajstić information content (AvgIpc) is 2.68. The van der Waals surface area contributed by atoms with Crippen molar-refractivity contribution in [2.24, 2.45) is 0 Å². The number of hydrogen-bond acceptors (Lipinski definition) is 3. The second kappa shape index (κ2) is 6.94. The second-order valence-corrected chi connectivity index (χ2v) is 6.89. The summed E-state index contributed by atoms with van der Waals surface area (Å²) in [4.78, 5) is 38.8. The van der Waals surface area contributed by atoms with Crippen LogP contribution in [0.3, 0.4) is 0 Å². The Morgan fingerprint density at radius 2 is 1.71 bits per heavy atom. The summed E-state index contributed by atoms with van der Waals surface area (Å²) in [5.41, 5.74) is 1.63. The third-order valence-corrected chi connectivity index (χ3v) is 4.87. The van der Waals surface area contributed by atoms with E-state index in [-0.39, 0.29) is 5.57 Å². The first-order valence-corrected chi connectivity index (χ1v) is 8.99. The molecule has 1 saturated heterocycles. The number of carbonyl (C=O) groups excluding carboxylic acids is 3. The number of aryl methyl sites for hydroxylation is 1. The molecule has 0 radical (unpaired) electrons. The third-order valence-electron chi connectivity index (χ3n) is 4.64. The van der Waals surface area contributed by atoms with E-state index in [1.165, 1.54) is 12.1 Å². The molecular formula is C22H15ClN2O3. The third kappa shape index (κ3) is 3.06. The van der Waals surface area contributed by atoms with Gasteiger partial charge >= 0.3 is 6.03 Å². The van der Waals surface area contributed by atoms with Crippen LogP contribution in [0.4, 0.5) is 10.5 Å². The number of halogens is 1. The molecule has 3 aromatic rings. The van der Waals surface area contributed by atoms with Crippen LogP contribution in [0.15, 0.2) is 66.2 Å². The number of benzene rings is 3. The van der Waals surface area contributed by atoms with Gasteiger partial charge in [0.05, 0.1) is 5.69 Å². The van der Waals surface area contributed by atoms with Crippen molar-refractivity contribution in [3.63, 3.8) is 0 Å². The van der Waals surface area contributed by atoms with Crippen molar-refractivity contribution >= 4 is 52.0 Å². The normalized spacial score (nSPS) is 16.0. The molecule has 1 N–H and O–H groups in total. The summed E-state index contributed by atoms with van der Waals surface area (Å²) >= 11 is 6.04. The van der Waals surface area contributed by atoms with Gasteiger partial charge < -0.3 is 0 Å². The molecule has 0 spiro atoms. The molecule has 0 aromatic heterocycles. The molecule has 138 valence electrons. The molecule has 0 saturated carbocycles. The zero-order valence-corrected chi connectivity index (χ0v) is 15.7. The van der Waals surface area contributed by atoms with Crippen molar-refractivity contribution in [1.29, 1.82) is 0 Å². The first-order valence-electron chi connectivity index (χ1n) is 8.61. The van der Waals surface area contributed by atoms with Crippen molar-refractivity contribution in [3.05, 3.63) is 82.4 Å². The van der Waals surface area contributed by atoms with E-state index in [4.69, 9.17) is 11.6 Å². The molecular weight excluding hydrogens is 376 g/mol. The molecule has 0 aliphatic carbocycles. The molecule has 4 rings (SSSR count). The Morgan fingerprint density at radius 1 is 0.964 bits per heavy atom. The van der Waals surface area contributed by atoms with Crippen LogP contribution >= 0.6 is 11.6 Å². The van der Waals surface area contributed by atoms with E-state index in [9.17, 15) is 14.4 Å². The lowest BCUT2D eigenvalue weighted by Crippen LogP contribution is -2.54. The van der Waals surface area contributed by atoms with E-state index >= 15 is 0 Å². The van der Waals surface area contributed by atoms with Gasteiger partial charge in [-0.1, -0.05) is 60.1 Å². The molecule has 0 atom stereocenters. The van der Waals surface area contributed by atoms with E-state index in [1.54, 1.807) is 19.1 Å². The number of rotatable bonds is 2. The van der Waals surface area contributed by atoms with E-state index < -0.39 is 17.8 Å². The number of nitrogens with zero attached hydrogens (tertiary/aromatic N) is 1. The maximum atomic E-state index is 13.1. The summed E-state index contributed by atoms with van der Waals surface area (Å²) < 4.78 is 0. The number of amides is 4. The van der Waals surface area contributed by atoms with Gasteiger partial charge in [-0.05, 0) is 47.0 Å². The Morgan fingerprint density at radius 3 is 2.54 bits per heavy atom. The second-order valence-electron chi connectivity index (χ2n) is 6.46. The summed E-state index contributed by atoms with van der Waals surface area (Å²) in [5, 5.41) is 4.51. The number of hydrogen-bond donors (Lipinski definition) is 1. The van der Waals surface area contributed by atoms with Gasteiger partial charge in [-0.3, -0.25) is 14.9 Å². The van der Waals surface area contributed by atoms with Gasteiger partial charge in [-0.2, -0.15) is 0 Å². The van der Waals surface area contributed by atoms with Crippen LogP contribution < -0.4 is 10.2 Å². The highest BCUT2D eigenvalue weighted by molar-refractivity contribution is 6.40.